The number of imidazole rings is 1. The first-order valence-corrected chi connectivity index (χ1v) is 10.6. The average molecular weight is 457 g/mol. The molecule has 0 radical (unpaired) electrons. The van der Waals surface area contributed by atoms with Crippen molar-refractivity contribution in [1.29, 1.82) is 0 Å². The maximum absolute atomic E-state index is 13.6. The Labute approximate surface area is 194 Å². The number of carbonyl (C=O) groups is 3. The van der Waals surface area contributed by atoms with Crippen molar-refractivity contribution >= 4 is 24.0 Å². The molecule has 2 N–H and O–H groups in total. The number of fused-ring (bicyclic) bond motifs is 2. The molecule has 0 unspecified atom stereocenters. The zero-order valence-electron chi connectivity index (χ0n) is 17.9. The smallest absolute Gasteiger partial charge is 0.321 e. The summed E-state index contributed by atoms with van der Waals surface area (Å²) >= 11 is 0. The van der Waals surface area contributed by atoms with Crippen molar-refractivity contribution in [2.45, 2.75) is 12.6 Å². The van der Waals surface area contributed by atoms with Crippen LogP contribution in [0.1, 0.15) is 27.5 Å². The number of halogens is 1. The quantitative estimate of drug-likeness (QED) is 0.435. The lowest BCUT2D eigenvalue weighted by Crippen LogP contribution is -2.42. The highest BCUT2D eigenvalue weighted by Gasteiger charge is 2.30. The Morgan fingerprint density at radius 3 is 2.76 bits per heavy atom. The number of aromatic nitrogens is 2. The molecule has 0 aliphatic carbocycles. The molecule has 0 spiro atoms. The van der Waals surface area contributed by atoms with E-state index in [-0.39, 0.29) is 12.5 Å². The summed E-state index contributed by atoms with van der Waals surface area (Å²) in [5.74, 6) is -0.781. The van der Waals surface area contributed by atoms with Crippen LogP contribution in [0, 0.1) is 5.82 Å². The number of urea groups is 1. The normalized spacial score (nSPS) is 13.6. The van der Waals surface area contributed by atoms with Gasteiger partial charge in [-0.25, -0.2) is 14.2 Å². The van der Waals surface area contributed by atoms with Crippen molar-refractivity contribution in [2.24, 2.45) is 0 Å². The minimum Gasteiger partial charge on any atom is -0.332 e. The first-order chi connectivity index (χ1) is 16.5. The van der Waals surface area contributed by atoms with Gasteiger partial charge in [-0.3, -0.25) is 19.3 Å². The summed E-state index contributed by atoms with van der Waals surface area (Å²) in [5.41, 5.74) is 4.46. The van der Waals surface area contributed by atoms with Gasteiger partial charge in [0.2, 0.25) is 6.41 Å². The highest BCUT2D eigenvalue weighted by atomic mass is 19.1. The second-order valence-electron chi connectivity index (χ2n) is 7.97. The summed E-state index contributed by atoms with van der Waals surface area (Å²) in [7, 11) is 0. The molecule has 1 aliphatic rings. The van der Waals surface area contributed by atoms with Crippen LogP contribution in [-0.4, -0.2) is 39.2 Å². The second-order valence-corrected chi connectivity index (χ2v) is 7.97. The molecule has 0 saturated heterocycles. The van der Waals surface area contributed by atoms with Gasteiger partial charge in [0.25, 0.3) is 5.91 Å². The fraction of sp³-hybridized carbons (Fsp3) is 0.120. The van der Waals surface area contributed by atoms with E-state index in [9.17, 15) is 18.8 Å². The molecule has 4 amide bonds. The third-order valence-corrected chi connectivity index (χ3v) is 5.87. The fourth-order valence-corrected chi connectivity index (χ4v) is 4.22. The van der Waals surface area contributed by atoms with Gasteiger partial charge in [-0.2, -0.15) is 0 Å². The predicted octanol–water partition coefficient (Wildman–Crippen LogP) is 3.29. The molecule has 5 rings (SSSR count). The van der Waals surface area contributed by atoms with Crippen molar-refractivity contribution < 1.29 is 18.8 Å². The molecule has 0 fully saturated rings. The summed E-state index contributed by atoms with van der Waals surface area (Å²) in [6, 6.07) is 16.2. The van der Waals surface area contributed by atoms with Crippen LogP contribution in [0.3, 0.4) is 0 Å². The molecule has 2 aromatic heterocycles. The average Bonchev–Trinajstić information content (AvgIpc) is 3.40. The summed E-state index contributed by atoms with van der Waals surface area (Å²) in [5, 5.41) is 4.80. The molecule has 9 heteroatoms. The van der Waals surface area contributed by atoms with Gasteiger partial charge in [-0.05, 0) is 35.4 Å². The summed E-state index contributed by atoms with van der Waals surface area (Å²) in [4.78, 5) is 41.6. The largest absolute Gasteiger partial charge is 0.332 e. The van der Waals surface area contributed by atoms with Gasteiger partial charge in [0.05, 0.1) is 17.9 Å². The standard InChI is InChI=1S/C25H20FN5O3/c26-19-9-8-18-13-30(24(33)20(18)11-19)14-21(29-25(34)28-15-32)16-4-6-17(7-5-16)22-12-27-23-3-1-2-10-31(22)23/h1-12,15,21H,13-14H2,(H2,28,29,32,34)/t21-/m0/s1. The number of nitrogens with zero attached hydrogens (tertiary/aromatic N) is 3. The van der Waals surface area contributed by atoms with Gasteiger partial charge in [0.15, 0.2) is 0 Å². The summed E-state index contributed by atoms with van der Waals surface area (Å²) in [6.07, 6.45) is 4.01. The fourth-order valence-electron chi connectivity index (χ4n) is 4.22. The van der Waals surface area contributed by atoms with E-state index < -0.39 is 17.9 Å². The maximum Gasteiger partial charge on any atom is 0.321 e. The van der Waals surface area contributed by atoms with Crippen LogP contribution < -0.4 is 10.6 Å². The minimum atomic E-state index is -0.680. The van der Waals surface area contributed by atoms with Crippen LogP contribution in [-0.2, 0) is 11.3 Å². The molecule has 1 aliphatic heterocycles. The van der Waals surface area contributed by atoms with Gasteiger partial charge in [-0.15, -0.1) is 0 Å². The molecular formula is C25H20FN5O3. The van der Waals surface area contributed by atoms with Crippen LogP contribution in [0.5, 0.6) is 0 Å². The van der Waals surface area contributed by atoms with E-state index >= 15 is 0 Å². The first-order valence-electron chi connectivity index (χ1n) is 10.6. The molecule has 0 saturated carbocycles. The third-order valence-electron chi connectivity index (χ3n) is 5.87. The lowest BCUT2D eigenvalue weighted by Gasteiger charge is -2.25. The maximum atomic E-state index is 13.6. The van der Waals surface area contributed by atoms with E-state index in [1.165, 1.54) is 12.1 Å². The van der Waals surface area contributed by atoms with Crippen molar-refractivity contribution in [3.05, 3.63) is 95.6 Å². The van der Waals surface area contributed by atoms with Crippen LogP contribution in [0.2, 0.25) is 0 Å². The van der Waals surface area contributed by atoms with E-state index in [1.807, 2.05) is 53.1 Å². The van der Waals surface area contributed by atoms with E-state index in [0.29, 0.717) is 18.5 Å². The van der Waals surface area contributed by atoms with Crippen molar-refractivity contribution in [2.75, 3.05) is 6.54 Å². The summed E-state index contributed by atoms with van der Waals surface area (Å²) in [6.45, 7) is 0.457. The van der Waals surface area contributed by atoms with Crippen LogP contribution in [0.15, 0.2) is 73.1 Å². The van der Waals surface area contributed by atoms with Gasteiger partial charge >= 0.3 is 6.03 Å². The Kier molecular flexibility index (Phi) is 5.51. The summed E-state index contributed by atoms with van der Waals surface area (Å²) < 4.78 is 15.6. The molecule has 3 heterocycles. The van der Waals surface area contributed by atoms with Crippen molar-refractivity contribution in [3.8, 4) is 11.3 Å². The number of benzene rings is 2. The molecule has 34 heavy (non-hydrogen) atoms. The number of pyridine rings is 1. The van der Waals surface area contributed by atoms with Crippen molar-refractivity contribution in [3.63, 3.8) is 0 Å². The number of hydrogen-bond acceptors (Lipinski definition) is 4. The number of carbonyl (C=O) groups excluding carboxylic acids is 3. The Hall–Kier alpha value is -4.53. The van der Waals surface area contributed by atoms with E-state index in [1.54, 1.807) is 17.2 Å². The number of rotatable bonds is 6. The third kappa shape index (κ3) is 3.99. The van der Waals surface area contributed by atoms with E-state index in [2.05, 4.69) is 15.6 Å². The number of amides is 4. The van der Waals surface area contributed by atoms with E-state index in [0.717, 1.165) is 28.0 Å². The SMILES string of the molecule is O=CNC(=O)N[C@@H](CN1Cc2ccc(F)cc2C1=O)c1ccc(-c2cnc3ccccn23)cc1. The molecule has 1 atom stereocenters. The Bertz CT molecular complexity index is 1400. The van der Waals surface area contributed by atoms with Crippen LogP contribution in [0.25, 0.3) is 16.9 Å². The topological polar surface area (TPSA) is 95.8 Å². The molecule has 2 aromatic carbocycles. The zero-order valence-corrected chi connectivity index (χ0v) is 17.9. The Balaban J connectivity index is 1.41. The number of nitrogens with one attached hydrogen (secondary N) is 2. The van der Waals surface area contributed by atoms with Crippen LogP contribution >= 0.6 is 0 Å². The number of hydrogen-bond donors (Lipinski definition) is 2. The van der Waals surface area contributed by atoms with Gasteiger partial charge in [-0.1, -0.05) is 36.4 Å². The second kappa shape index (κ2) is 8.78. The lowest BCUT2D eigenvalue weighted by atomic mass is 10.0. The van der Waals surface area contributed by atoms with Crippen molar-refractivity contribution in [1.82, 2.24) is 24.9 Å². The molecule has 8 nitrogen and oxygen atoms in total. The van der Waals surface area contributed by atoms with Gasteiger partial charge in [0, 0.05) is 30.4 Å². The Morgan fingerprint density at radius 2 is 1.97 bits per heavy atom. The number of imide groups is 1. The first kappa shape index (κ1) is 21.3. The highest BCUT2D eigenvalue weighted by molar-refractivity contribution is 5.98. The molecular weight excluding hydrogens is 437 g/mol. The van der Waals surface area contributed by atoms with Crippen LogP contribution in [0.4, 0.5) is 9.18 Å². The monoisotopic (exact) mass is 457 g/mol. The van der Waals surface area contributed by atoms with E-state index in [4.69, 9.17) is 0 Å². The van der Waals surface area contributed by atoms with Gasteiger partial charge in [0.1, 0.15) is 11.5 Å². The zero-order chi connectivity index (χ0) is 23.7. The Morgan fingerprint density at radius 1 is 1.15 bits per heavy atom. The predicted molar refractivity (Wildman–Crippen MR) is 122 cm³/mol. The minimum absolute atomic E-state index is 0.149. The highest BCUT2D eigenvalue weighted by Crippen LogP contribution is 2.28. The molecule has 0 bridgehead atoms. The lowest BCUT2D eigenvalue weighted by molar-refractivity contribution is -0.108. The molecule has 4 aromatic rings. The molecule has 170 valence electrons. The van der Waals surface area contributed by atoms with Gasteiger partial charge < -0.3 is 10.2 Å².